The van der Waals surface area contributed by atoms with E-state index in [0.29, 0.717) is 5.69 Å². The van der Waals surface area contributed by atoms with Crippen molar-refractivity contribution in [3.8, 4) is 0 Å². The van der Waals surface area contributed by atoms with Crippen molar-refractivity contribution in [1.82, 2.24) is 9.97 Å². The fraction of sp³-hybridized carbons (Fsp3) is 0.308. The Morgan fingerprint density at radius 1 is 1.52 bits per heavy atom. The van der Waals surface area contributed by atoms with Gasteiger partial charge in [-0.2, -0.15) is 8.78 Å². The number of esters is 1. The van der Waals surface area contributed by atoms with E-state index in [4.69, 9.17) is 4.74 Å². The molecule has 4 nitrogen and oxygen atoms in total. The van der Waals surface area contributed by atoms with Crippen LogP contribution in [-0.4, -0.2) is 21.7 Å². The van der Waals surface area contributed by atoms with Gasteiger partial charge in [-0.3, -0.25) is 0 Å². The number of aromatic nitrogens is 2. The van der Waals surface area contributed by atoms with E-state index in [1.165, 1.54) is 29.7 Å². The number of thiazole rings is 1. The van der Waals surface area contributed by atoms with Gasteiger partial charge < -0.3 is 4.74 Å². The molecule has 0 unspecified atom stereocenters. The molecule has 21 heavy (non-hydrogen) atoms. The molecule has 2 rings (SSSR count). The quantitative estimate of drug-likeness (QED) is 0.596. The van der Waals surface area contributed by atoms with Crippen molar-refractivity contribution >= 4 is 29.1 Å². The van der Waals surface area contributed by atoms with Crippen LogP contribution in [0.25, 0.3) is 0 Å². The molecule has 112 valence electrons. The molecule has 0 aliphatic rings. The molecule has 2 aromatic rings. The standard InChI is InChI=1S/C13H12F2N2O2S2/c1-2-10-17-8(7-20-10)6-19-12(18)9-4-3-5-16-11(9)21-13(14)15/h3-5,7,13H,2,6H2,1H3. The van der Waals surface area contributed by atoms with Crippen molar-refractivity contribution in [2.24, 2.45) is 0 Å². The monoisotopic (exact) mass is 330 g/mol. The van der Waals surface area contributed by atoms with Crippen LogP contribution in [0.3, 0.4) is 0 Å². The van der Waals surface area contributed by atoms with E-state index in [2.05, 4.69) is 9.97 Å². The average molecular weight is 330 g/mol. The fourth-order valence-corrected chi connectivity index (χ4v) is 2.82. The van der Waals surface area contributed by atoms with Crippen LogP contribution in [0.15, 0.2) is 28.7 Å². The zero-order chi connectivity index (χ0) is 15.2. The van der Waals surface area contributed by atoms with Crippen LogP contribution in [0, 0.1) is 0 Å². The number of hydrogen-bond donors (Lipinski definition) is 0. The van der Waals surface area contributed by atoms with E-state index in [1.54, 1.807) is 0 Å². The number of nitrogens with zero attached hydrogens (tertiary/aromatic N) is 2. The van der Waals surface area contributed by atoms with Crippen LogP contribution in [0.1, 0.15) is 28.0 Å². The number of aryl methyl sites for hydroxylation is 1. The summed E-state index contributed by atoms with van der Waals surface area (Å²) in [6, 6.07) is 2.92. The molecule has 0 aliphatic heterocycles. The lowest BCUT2D eigenvalue weighted by Crippen LogP contribution is -2.08. The highest BCUT2D eigenvalue weighted by molar-refractivity contribution is 7.99. The predicted octanol–water partition coefficient (Wildman–Crippen LogP) is 3.77. The van der Waals surface area contributed by atoms with Crippen molar-refractivity contribution in [2.75, 3.05) is 0 Å². The lowest BCUT2D eigenvalue weighted by molar-refractivity contribution is 0.0463. The normalized spacial score (nSPS) is 10.9. The SMILES string of the molecule is CCc1nc(COC(=O)c2cccnc2SC(F)F)cs1. The number of rotatable bonds is 6. The zero-order valence-corrected chi connectivity index (χ0v) is 12.7. The van der Waals surface area contributed by atoms with Gasteiger partial charge in [0.25, 0.3) is 5.76 Å². The van der Waals surface area contributed by atoms with Crippen LogP contribution in [0.5, 0.6) is 0 Å². The van der Waals surface area contributed by atoms with E-state index >= 15 is 0 Å². The highest BCUT2D eigenvalue weighted by Crippen LogP contribution is 2.26. The van der Waals surface area contributed by atoms with Crippen LogP contribution in [-0.2, 0) is 17.8 Å². The molecule has 0 fully saturated rings. The van der Waals surface area contributed by atoms with Gasteiger partial charge in [0.2, 0.25) is 0 Å². The molecular formula is C13H12F2N2O2S2. The van der Waals surface area contributed by atoms with Crippen LogP contribution in [0.4, 0.5) is 8.78 Å². The molecular weight excluding hydrogens is 318 g/mol. The Morgan fingerprint density at radius 3 is 3.00 bits per heavy atom. The molecule has 0 aromatic carbocycles. The smallest absolute Gasteiger partial charge is 0.341 e. The second-order valence-electron chi connectivity index (χ2n) is 3.90. The lowest BCUT2D eigenvalue weighted by Gasteiger charge is -2.07. The molecule has 0 aliphatic carbocycles. The predicted molar refractivity (Wildman–Crippen MR) is 76.7 cm³/mol. The van der Waals surface area contributed by atoms with Crippen LogP contribution < -0.4 is 0 Å². The summed E-state index contributed by atoms with van der Waals surface area (Å²) in [5.74, 6) is -3.32. The number of thioether (sulfide) groups is 1. The Kier molecular flexibility index (Phi) is 5.63. The summed E-state index contributed by atoms with van der Waals surface area (Å²) in [6.45, 7) is 2.00. The number of pyridine rings is 1. The maximum absolute atomic E-state index is 12.4. The average Bonchev–Trinajstić information content (AvgIpc) is 2.93. The third-order valence-corrected chi connectivity index (χ3v) is 4.21. The molecule has 0 amide bonds. The van der Waals surface area contributed by atoms with Crippen LogP contribution >= 0.6 is 23.1 Å². The van der Waals surface area contributed by atoms with Crippen molar-refractivity contribution in [2.45, 2.75) is 30.7 Å². The molecule has 0 spiro atoms. The van der Waals surface area contributed by atoms with E-state index in [1.807, 2.05) is 12.3 Å². The second-order valence-corrected chi connectivity index (χ2v) is 5.82. The number of alkyl halides is 2. The number of ether oxygens (including phenoxy) is 1. The van der Waals surface area contributed by atoms with Crippen molar-refractivity contribution in [3.63, 3.8) is 0 Å². The Balaban J connectivity index is 2.03. The third-order valence-electron chi connectivity index (χ3n) is 2.44. The highest BCUT2D eigenvalue weighted by Gasteiger charge is 2.18. The molecule has 0 saturated carbocycles. The minimum atomic E-state index is -2.64. The summed E-state index contributed by atoms with van der Waals surface area (Å²) in [7, 11) is 0. The Morgan fingerprint density at radius 2 is 2.33 bits per heavy atom. The van der Waals surface area contributed by atoms with Gasteiger partial charge in [0, 0.05) is 11.6 Å². The lowest BCUT2D eigenvalue weighted by atomic mass is 10.3. The summed E-state index contributed by atoms with van der Waals surface area (Å²) in [5.41, 5.74) is 0.686. The zero-order valence-electron chi connectivity index (χ0n) is 11.1. The van der Waals surface area contributed by atoms with Gasteiger partial charge >= 0.3 is 5.97 Å². The topological polar surface area (TPSA) is 52.1 Å². The summed E-state index contributed by atoms with van der Waals surface area (Å²) in [4.78, 5) is 20.0. The number of carbonyl (C=O) groups is 1. The first-order valence-corrected chi connectivity index (χ1v) is 7.86. The van der Waals surface area contributed by atoms with Crippen molar-refractivity contribution in [1.29, 1.82) is 0 Å². The molecule has 2 heterocycles. The number of halogens is 2. The molecule has 2 aromatic heterocycles. The van der Waals surface area contributed by atoms with E-state index in [0.717, 1.165) is 11.4 Å². The largest absolute Gasteiger partial charge is 0.455 e. The van der Waals surface area contributed by atoms with Gasteiger partial charge in [-0.1, -0.05) is 6.92 Å². The highest BCUT2D eigenvalue weighted by atomic mass is 32.2. The van der Waals surface area contributed by atoms with Crippen LogP contribution in [0.2, 0.25) is 0 Å². The van der Waals surface area contributed by atoms with Crippen molar-refractivity contribution in [3.05, 3.63) is 40.0 Å². The molecule has 0 atom stereocenters. The van der Waals surface area contributed by atoms with Gasteiger partial charge in [0.05, 0.1) is 16.3 Å². The molecule has 0 N–H and O–H groups in total. The molecule has 0 saturated heterocycles. The molecule has 0 radical (unpaired) electrons. The summed E-state index contributed by atoms with van der Waals surface area (Å²) in [6.07, 6.45) is 2.17. The summed E-state index contributed by atoms with van der Waals surface area (Å²) >= 11 is 1.71. The van der Waals surface area contributed by atoms with E-state index in [-0.39, 0.29) is 29.0 Å². The third kappa shape index (κ3) is 4.47. The first kappa shape index (κ1) is 15.8. The first-order chi connectivity index (χ1) is 10.1. The summed E-state index contributed by atoms with van der Waals surface area (Å²) in [5, 5.41) is 2.73. The van der Waals surface area contributed by atoms with Gasteiger partial charge in [-0.15, -0.1) is 11.3 Å². The number of carbonyl (C=O) groups excluding carboxylic acids is 1. The van der Waals surface area contributed by atoms with Gasteiger partial charge in [0.1, 0.15) is 11.6 Å². The Labute approximate surface area is 128 Å². The Bertz CT molecular complexity index is 620. The maximum atomic E-state index is 12.4. The molecule has 0 bridgehead atoms. The van der Waals surface area contributed by atoms with Gasteiger partial charge in [-0.05, 0) is 30.3 Å². The second kappa shape index (κ2) is 7.46. The fourth-order valence-electron chi connectivity index (χ4n) is 1.52. The number of hydrogen-bond acceptors (Lipinski definition) is 6. The van der Waals surface area contributed by atoms with Gasteiger partial charge in [0.15, 0.2) is 0 Å². The van der Waals surface area contributed by atoms with E-state index in [9.17, 15) is 13.6 Å². The van der Waals surface area contributed by atoms with Crippen molar-refractivity contribution < 1.29 is 18.3 Å². The minimum absolute atomic E-state index is 0.0169. The molecule has 8 heteroatoms. The summed E-state index contributed by atoms with van der Waals surface area (Å²) < 4.78 is 29.9. The maximum Gasteiger partial charge on any atom is 0.341 e. The minimum Gasteiger partial charge on any atom is -0.455 e. The Hall–Kier alpha value is -1.54. The first-order valence-electron chi connectivity index (χ1n) is 6.10. The van der Waals surface area contributed by atoms with E-state index < -0.39 is 11.7 Å². The van der Waals surface area contributed by atoms with Gasteiger partial charge in [-0.25, -0.2) is 14.8 Å².